The van der Waals surface area contributed by atoms with Gasteiger partial charge in [-0.2, -0.15) is 0 Å². The normalized spacial score (nSPS) is 20.3. The zero-order valence-corrected chi connectivity index (χ0v) is 11.0. The van der Waals surface area contributed by atoms with Crippen LogP contribution in [0.5, 0.6) is 0 Å². The molecule has 1 heterocycles. The molecule has 0 radical (unpaired) electrons. The Balaban J connectivity index is 2.24. The van der Waals surface area contributed by atoms with Crippen molar-refractivity contribution in [1.29, 1.82) is 0 Å². The highest BCUT2D eigenvalue weighted by Gasteiger charge is 2.30. The summed E-state index contributed by atoms with van der Waals surface area (Å²) in [5.41, 5.74) is 1.82. The van der Waals surface area contributed by atoms with Gasteiger partial charge in [-0.25, -0.2) is 0 Å². The van der Waals surface area contributed by atoms with Crippen molar-refractivity contribution in [2.24, 2.45) is 0 Å². The summed E-state index contributed by atoms with van der Waals surface area (Å²) in [5.74, 6) is -0.0966. The molecule has 5 heteroatoms. The highest BCUT2D eigenvalue weighted by atomic mass is 35.5. The first-order valence-corrected chi connectivity index (χ1v) is 6.31. The van der Waals surface area contributed by atoms with E-state index in [4.69, 9.17) is 21.4 Å². The fraction of sp³-hybridized carbons (Fsp3) is 0.462. The Hall–Kier alpha value is -1.10. The number of hydrogen-bond donors (Lipinski definition) is 1. The number of hydrogen-bond acceptors (Lipinski definition) is 3. The van der Waals surface area contributed by atoms with Crippen LogP contribution in [0.3, 0.4) is 0 Å². The molecule has 0 aromatic heterocycles. The molecule has 1 atom stereocenters. The number of rotatable bonds is 3. The van der Waals surface area contributed by atoms with Crippen LogP contribution >= 0.6 is 11.6 Å². The third kappa shape index (κ3) is 2.66. The Bertz CT molecular complexity index is 448. The number of aryl methyl sites for hydroxylation is 1. The number of anilines is 1. The number of amides is 1. The minimum absolute atomic E-state index is 0.0517. The SMILES string of the molecule is Cc1cc(Cl)ccc1N1CCOC(CCO)C1=O. The number of aliphatic hydroxyl groups is 1. The van der Waals surface area contributed by atoms with E-state index in [-0.39, 0.29) is 12.5 Å². The molecule has 0 saturated carbocycles. The molecule has 98 valence electrons. The Morgan fingerprint density at radius 3 is 3.00 bits per heavy atom. The molecule has 1 N–H and O–H groups in total. The molecule has 1 amide bonds. The monoisotopic (exact) mass is 269 g/mol. The first-order chi connectivity index (χ1) is 8.63. The van der Waals surface area contributed by atoms with E-state index < -0.39 is 6.10 Å². The molecule has 1 aliphatic rings. The van der Waals surface area contributed by atoms with Gasteiger partial charge in [0.05, 0.1) is 6.61 Å². The fourth-order valence-corrected chi connectivity index (χ4v) is 2.35. The van der Waals surface area contributed by atoms with E-state index in [0.717, 1.165) is 11.3 Å². The van der Waals surface area contributed by atoms with Crippen molar-refractivity contribution in [2.75, 3.05) is 24.7 Å². The summed E-state index contributed by atoms with van der Waals surface area (Å²) in [6, 6.07) is 5.45. The van der Waals surface area contributed by atoms with Gasteiger partial charge in [0.25, 0.3) is 5.91 Å². The van der Waals surface area contributed by atoms with Gasteiger partial charge in [-0.15, -0.1) is 0 Å². The van der Waals surface area contributed by atoms with Gasteiger partial charge < -0.3 is 14.7 Å². The van der Waals surface area contributed by atoms with Gasteiger partial charge in [-0.3, -0.25) is 4.79 Å². The quantitative estimate of drug-likeness (QED) is 0.910. The smallest absolute Gasteiger partial charge is 0.256 e. The Morgan fingerprint density at radius 2 is 2.33 bits per heavy atom. The molecule has 0 aliphatic carbocycles. The maximum atomic E-state index is 12.2. The van der Waals surface area contributed by atoms with E-state index in [9.17, 15) is 4.79 Å². The van der Waals surface area contributed by atoms with Crippen LogP contribution in [0.15, 0.2) is 18.2 Å². The number of ether oxygens (including phenoxy) is 1. The van der Waals surface area contributed by atoms with Crippen molar-refractivity contribution in [3.05, 3.63) is 28.8 Å². The van der Waals surface area contributed by atoms with Crippen LogP contribution in [0, 0.1) is 6.92 Å². The lowest BCUT2D eigenvalue weighted by Crippen LogP contribution is -2.48. The fourth-order valence-electron chi connectivity index (χ4n) is 2.13. The van der Waals surface area contributed by atoms with Gasteiger partial charge in [0.2, 0.25) is 0 Å². The Labute approximate surface area is 111 Å². The van der Waals surface area contributed by atoms with Crippen molar-refractivity contribution in [2.45, 2.75) is 19.4 Å². The molecular weight excluding hydrogens is 254 g/mol. The summed E-state index contributed by atoms with van der Waals surface area (Å²) >= 11 is 5.91. The molecule has 2 rings (SSSR count). The number of carbonyl (C=O) groups excluding carboxylic acids is 1. The van der Waals surface area contributed by atoms with Crippen molar-refractivity contribution < 1.29 is 14.6 Å². The first-order valence-electron chi connectivity index (χ1n) is 5.93. The van der Waals surface area contributed by atoms with Crippen molar-refractivity contribution >= 4 is 23.2 Å². The van der Waals surface area contributed by atoms with Crippen LogP contribution in [0.2, 0.25) is 5.02 Å². The van der Waals surface area contributed by atoms with Crippen LogP contribution in [-0.4, -0.2) is 36.9 Å². The maximum absolute atomic E-state index is 12.2. The van der Waals surface area contributed by atoms with Gasteiger partial charge in [-0.1, -0.05) is 11.6 Å². The lowest BCUT2D eigenvalue weighted by atomic mass is 10.1. The number of benzene rings is 1. The standard InChI is InChI=1S/C13H16ClNO3/c1-9-8-10(14)2-3-11(9)15-5-7-18-12(4-6-16)13(15)17/h2-3,8,12,16H,4-7H2,1H3. The summed E-state index contributed by atoms with van der Waals surface area (Å²) in [6.45, 7) is 2.89. The molecule has 4 nitrogen and oxygen atoms in total. The lowest BCUT2D eigenvalue weighted by molar-refractivity contribution is -0.134. The molecule has 0 spiro atoms. The summed E-state index contributed by atoms with van der Waals surface area (Å²) < 4.78 is 5.37. The third-order valence-electron chi connectivity index (χ3n) is 3.02. The number of halogens is 1. The van der Waals surface area contributed by atoms with E-state index in [1.165, 1.54) is 0 Å². The molecular formula is C13H16ClNO3. The largest absolute Gasteiger partial charge is 0.396 e. The Morgan fingerprint density at radius 1 is 1.56 bits per heavy atom. The lowest BCUT2D eigenvalue weighted by Gasteiger charge is -2.33. The van der Waals surface area contributed by atoms with Crippen LogP contribution in [0.25, 0.3) is 0 Å². The molecule has 1 aromatic carbocycles. The molecule has 18 heavy (non-hydrogen) atoms. The van der Waals surface area contributed by atoms with Crippen molar-refractivity contribution in [1.82, 2.24) is 0 Å². The predicted octanol–water partition coefficient (Wildman–Crippen LogP) is 1.76. The van der Waals surface area contributed by atoms with E-state index >= 15 is 0 Å². The van der Waals surface area contributed by atoms with E-state index in [0.29, 0.717) is 24.6 Å². The molecule has 1 saturated heterocycles. The maximum Gasteiger partial charge on any atom is 0.256 e. The molecule has 1 aliphatic heterocycles. The third-order valence-corrected chi connectivity index (χ3v) is 3.25. The van der Waals surface area contributed by atoms with Crippen LogP contribution in [-0.2, 0) is 9.53 Å². The average molecular weight is 270 g/mol. The first kappa shape index (κ1) is 13.3. The van der Waals surface area contributed by atoms with Gasteiger partial charge in [0.1, 0.15) is 6.10 Å². The second-order valence-corrected chi connectivity index (χ2v) is 4.73. The number of carbonyl (C=O) groups is 1. The highest BCUT2D eigenvalue weighted by Crippen LogP contribution is 2.26. The number of morpholine rings is 1. The van der Waals surface area contributed by atoms with Crippen molar-refractivity contribution in [3.8, 4) is 0 Å². The van der Waals surface area contributed by atoms with Crippen LogP contribution in [0.4, 0.5) is 5.69 Å². The van der Waals surface area contributed by atoms with Gasteiger partial charge in [0.15, 0.2) is 0 Å². The van der Waals surface area contributed by atoms with Gasteiger partial charge in [0, 0.05) is 30.3 Å². The van der Waals surface area contributed by atoms with Crippen LogP contribution < -0.4 is 4.90 Å². The van der Waals surface area contributed by atoms with Crippen molar-refractivity contribution in [3.63, 3.8) is 0 Å². The predicted molar refractivity (Wildman–Crippen MR) is 70.0 cm³/mol. The summed E-state index contributed by atoms with van der Waals surface area (Å²) in [7, 11) is 0. The molecule has 1 unspecified atom stereocenters. The zero-order chi connectivity index (χ0) is 13.1. The summed E-state index contributed by atoms with van der Waals surface area (Å²) in [4.78, 5) is 13.9. The zero-order valence-electron chi connectivity index (χ0n) is 10.2. The minimum atomic E-state index is -0.543. The second kappa shape index (κ2) is 5.69. The van der Waals surface area contributed by atoms with Crippen LogP contribution in [0.1, 0.15) is 12.0 Å². The van der Waals surface area contributed by atoms with E-state index in [1.54, 1.807) is 11.0 Å². The van der Waals surface area contributed by atoms with Gasteiger partial charge >= 0.3 is 0 Å². The summed E-state index contributed by atoms with van der Waals surface area (Å²) in [6.07, 6.45) is -0.207. The van der Waals surface area contributed by atoms with Gasteiger partial charge in [-0.05, 0) is 30.7 Å². The minimum Gasteiger partial charge on any atom is -0.396 e. The Kier molecular flexibility index (Phi) is 4.22. The molecule has 1 aromatic rings. The number of aliphatic hydroxyl groups excluding tert-OH is 1. The van der Waals surface area contributed by atoms with E-state index in [2.05, 4.69) is 0 Å². The average Bonchev–Trinajstić information content (AvgIpc) is 2.33. The topological polar surface area (TPSA) is 49.8 Å². The number of nitrogens with zero attached hydrogens (tertiary/aromatic N) is 1. The molecule has 0 bridgehead atoms. The van der Waals surface area contributed by atoms with E-state index in [1.807, 2.05) is 19.1 Å². The molecule has 1 fully saturated rings. The highest BCUT2D eigenvalue weighted by molar-refractivity contribution is 6.30. The second-order valence-electron chi connectivity index (χ2n) is 4.29. The summed E-state index contributed by atoms with van der Waals surface area (Å²) in [5, 5.41) is 9.57.